The Labute approximate surface area is 161 Å². The number of aryl methyl sites for hydroxylation is 1. The third-order valence-electron chi connectivity index (χ3n) is 5.98. The minimum absolute atomic E-state index is 0. The Balaban J connectivity index is 0.00000196. The lowest BCUT2D eigenvalue weighted by Gasteiger charge is -2.30. The summed E-state index contributed by atoms with van der Waals surface area (Å²) in [5, 5.41) is 6.82. The zero-order valence-electron chi connectivity index (χ0n) is 15.2. The number of hydrogen-bond donors (Lipinski definition) is 2. The van der Waals surface area contributed by atoms with Crippen LogP contribution in [0.5, 0.6) is 0 Å². The van der Waals surface area contributed by atoms with Crippen molar-refractivity contribution in [2.24, 2.45) is 5.92 Å². The van der Waals surface area contributed by atoms with E-state index in [1.165, 1.54) is 12.8 Å². The molecule has 2 N–H and O–H groups in total. The number of benzene rings is 1. The Bertz CT molecular complexity index is 669. The van der Waals surface area contributed by atoms with E-state index in [0.29, 0.717) is 25.0 Å². The summed E-state index contributed by atoms with van der Waals surface area (Å²) in [6.45, 7) is 2.59. The Morgan fingerprint density at radius 1 is 1.23 bits per heavy atom. The molecule has 6 heteroatoms. The molecular formula is C20H28ClN3O2. The number of nitrogens with zero attached hydrogens (tertiary/aromatic N) is 1. The second kappa shape index (κ2) is 7.97. The van der Waals surface area contributed by atoms with Crippen molar-refractivity contribution in [1.82, 2.24) is 10.6 Å². The quantitative estimate of drug-likeness (QED) is 0.847. The summed E-state index contributed by atoms with van der Waals surface area (Å²) < 4.78 is 0. The van der Waals surface area contributed by atoms with Crippen LogP contribution in [0.3, 0.4) is 0 Å². The largest absolute Gasteiger partial charge is 0.353 e. The van der Waals surface area contributed by atoms with Crippen molar-refractivity contribution in [2.45, 2.75) is 63.6 Å². The Morgan fingerprint density at radius 2 is 1.92 bits per heavy atom. The number of nitrogens with one attached hydrogen (secondary N) is 2. The summed E-state index contributed by atoms with van der Waals surface area (Å²) in [7, 11) is 0. The average molecular weight is 378 g/mol. The lowest BCUT2D eigenvalue weighted by atomic mass is 9.98. The van der Waals surface area contributed by atoms with Crippen LogP contribution in [0.2, 0.25) is 0 Å². The van der Waals surface area contributed by atoms with Crippen LogP contribution in [0.1, 0.15) is 44.6 Å². The van der Waals surface area contributed by atoms with E-state index in [2.05, 4.69) is 23.6 Å². The molecule has 0 spiro atoms. The monoisotopic (exact) mass is 377 g/mol. The van der Waals surface area contributed by atoms with Crippen molar-refractivity contribution in [2.75, 3.05) is 11.4 Å². The Kier molecular flexibility index (Phi) is 5.88. The number of carbonyl (C=O) groups is 2. The van der Waals surface area contributed by atoms with E-state index in [-0.39, 0.29) is 36.2 Å². The topological polar surface area (TPSA) is 61.4 Å². The molecule has 1 aromatic rings. The van der Waals surface area contributed by atoms with Crippen LogP contribution in [-0.4, -0.2) is 36.5 Å². The number of hydrogen-bond acceptors (Lipinski definition) is 3. The van der Waals surface area contributed by atoms with E-state index >= 15 is 0 Å². The fourth-order valence-electron chi connectivity index (χ4n) is 4.68. The lowest BCUT2D eigenvalue weighted by molar-refractivity contribution is -0.127. The van der Waals surface area contributed by atoms with Gasteiger partial charge in [0, 0.05) is 36.8 Å². The maximum absolute atomic E-state index is 12.7. The molecule has 5 nitrogen and oxygen atoms in total. The molecule has 26 heavy (non-hydrogen) atoms. The average Bonchev–Trinajstić information content (AvgIpc) is 3.17. The molecule has 0 aliphatic carbocycles. The van der Waals surface area contributed by atoms with Gasteiger partial charge in [-0.05, 0) is 43.7 Å². The summed E-state index contributed by atoms with van der Waals surface area (Å²) in [5.41, 5.74) is 2.12. The zero-order chi connectivity index (χ0) is 17.4. The second-order valence-electron chi connectivity index (χ2n) is 7.70. The van der Waals surface area contributed by atoms with E-state index in [9.17, 15) is 9.59 Å². The van der Waals surface area contributed by atoms with Crippen LogP contribution in [0.15, 0.2) is 24.3 Å². The van der Waals surface area contributed by atoms with Gasteiger partial charge in [0.25, 0.3) is 0 Å². The molecule has 3 unspecified atom stereocenters. The third-order valence-corrected chi connectivity index (χ3v) is 5.98. The number of anilines is 1. The molecule has 0 saturated carbocycles. The number of fused-ring (bicyclic) bond motifs is 2. The Hall–Kier alpha value is -1.59. The first-order chi connectivity index (χ1) is 12.1. The first-order valence-corrected chi connectivity index (χ1v) is 9.58. The molecule has 3 saturated heterocycles. The van der Waals surface area contributed by atoms with Gasteiger partial charge in [-0.3, -0.25) is 9.59 Å². The van der Waals surface area contributed by atoms with Gasteiger partial charge in [0.05, 0.1) is 5.92 Å². The van der Waals surface area contributed by atoms with Gasteiger partial charge in [0.2, 0.25) is 11.8 Å². The number of carbonyl (C=O) groups excluding carboxylic acids is 2. The number of halogens is 1. The highest BCUT2D eigenvalue weighted by atomic mass is 35.5. The minimum Gasteiger partial charge on any atom is -0.353 e. The third kappa shape index (κ3) is 3.74. The first-order valence-electron chi connectivity index (χ1n) is 9.58. The molecule has 0 aromatic heterocycles. The summed E-state index contributed by atoms with van der Waals surface area (Å²) in [5.74, 6) is -0.118. The molecule has 2 amide bonds. The highest BCUT2D eigenvalue weighted by Gasteiger charge is 2.38. The molecule has 4 rings (SSSR count). The number of para-hydroxylation sites is 1. The van der Waals surface area contributed by atoms with E-state index in [1.807, 2.05) is 18.2 Å². The smallest absolute Gasteiger partial charge is 0.227 e. The summed E-state index contributed by atoms with van der Waals surface area (Å²) in [6, 6.07) is 9.38. The van der Waals surface area contributed by atoms with Crippen molar-refractivity contribution in [1.29, 1.82) is 0 Å². The number of piperidine rings is 1. The zero-order valence-corrected chi connectivity index (χ0v) is 16.1. The van der Waals surface area contributed by atoms with Crippen LogP contribution >= 0.6 is 12.4 Å². The molecule has 3 aliphatic heterocycles. The fraction of sp³-hybridized carbons (Fsp3) is 0.600. The van der Waals surface area contributed by atoms with Gasteiger partial charge >= 0.3 is 0 Å². The number of amides is 2. The normalized spacial score (nSPS) is 30.2. The second-order valence-corrected chi connectivity index (χ2v) is 7.70. The lowest BCUT2D eigenvalue weighted by Crippen LogP contribution is -2.49. The molecule has 1 aromatic carbocycles. The predicted octanol–water partition coefficient (Wildman–Crippen LogP) is 2.42. The SMILES string of the molecule is CCc1ccccc1N1CC(C(=O)NC2CC3CCC(C2)N3)CC1=O.Cl. The van der Waals surface area contributed by atoms with Crippen molar-refractivity contribution < 1.29 is 9.59 Å². The van der Waals surface area contributed by atoms with Crippen molar-refractivity contribution in [3.05, 3.63) is 29.8 Å². The minimum atomic E-state index is -0.232. The van der Waals surface area contributed by atoms with E-state index in [1.54, 1.807) is 4.90 Å². The van der Waals surface area contributed by atoms with Crippen LogP contribution in [0.4, 0.5) is 5.69 Å². The van der Waals surface area contributed by atoms with Crippen molar-refractivity contribution >= 4 is 29.9 Å². The van der Waals surface area contributed by atoms with E-state index < -0.39 is 0 Å². The van der Waals surface area contributed by atoms with Crippen LogP contribution in [0, 0.1) is 5.92 Å². The maximum Gasteiger partial charge on any atom is 0.227 e. The van der Waals surface area contributed by atoms with Gasteiger partial charge in [0.15, 0.2) is 0 Å². The van der Waals surface area contributed by atoms with Crippen LogP contribution in [-0.2, 0) is 16.0 Å². The van der Waals surface area contributed by atoms with Gasteiger partial charge in [-0.25, -0.2) is 0 Å². The van der Waals surface area contributed by atoms with E-state index in [0.717, 1.165) is 30.5 Å². The Morgan fingerprint density at radius 3 is 2.62 bits per heavy atom. The molecule has 142 valence electrons. The van der Waals surface area contributed by atoms with E-state index in [4.69, 9.17) is 0 Å². The molecule has 0 radical (unpaired) electrons. The standard InChI is InChI=1S/C20H27N3O2.ClH/c1-2-13-5-3-4-6-18(13)23-12-14(9-19(23)24)20(25)22-17-10-15-7-8-16(11-17)21-15;/h3-6,14-17,21H,2,7-12H2,1H3,(H,22,25);1H. The van der Waals surface area contributed by atoms with Crippen LogP contribution < -0.4 is 15.5 Å². The summed E-state index contributed by atoms with van der Waals surface area (Å²) in [4.78, 5) is 27.0. The molecular weight excluding hydrogens is 350 g/mol. The summed E-state index contributed by atoms with van der Waals surface area (Å²) >= 11 is 0. The maximum atomic E-state index is 12.7. The predicted molar refractivity (Wildman–Crippen MR) is 105 cm³/mol. The molecule has 3 atom stereocenters. The summed E-state index contributed by atoms with van der Waals surface area (Å²) in [6.07, 6.45) is 5.69. The van der Waals surface area contributed by atoms with Gasteiger partial charge in [0.1, 0.15) is 0 Å². The van der Waals surface area contributed by atoms with Gasteiger partial charge in [-0.2, -0.15) is 0 Å². The van der Waals surface area contributed by atoms with Gasteiger partial charge in [-0.1, -0.05) is 25.1 Å². The van der Waals surface area contributed by atoms with Crippen molar-refractivity contribution in [3.63, 3.8) is 0 Å². The number of rotatable bonds is 4. The van der Waals surface area contributed by atoms with Gasteiger partial charge < -0.3 is 15.5 Å². The van der Waals surface area contributed by atoms with Crippen molar-refractivity contribution in [3.8, 4) is 0 Å². The highest BCUT2D eigenvalue weighted by molar-refractivity contribution is 6.00. The van der Waals surface area contributed by atoms with Gasteiger partial charge in [-0.15, -0.1) is 12.4 Å². The fourth-order valence-corrected chi connectivity index (χ4v) is 4.68. The molecule has 3 aliphatic rings. The first kappa shape index (κ1) is 19.2. The molecule has 3 fully saturated rings. The van der Waals surface area contributed by atoms with Crippen LogP contribution in [0.25, 0.3) is 0 Å². The molecule has 3 heterocycles. The highest BCUT2D eigenvalue weighted by Crippen LogP contribution is 2.30. The molecule has 2 bridgehead atoms.